The highest BCUT2D eigenvalue weighted by molar-refractivity contribution is 7.80. The first kappa shape index (κ1) is 14.5. The molecule has 1 amide bonds. The van der Waals surface area contributed by atoms with Gasteiger partial charge < -0.3 is 15.4 Å². The van der Waals surface area contributed by atoms with Crippen LogP contribution in [0.25, 0.3) is 0 Å². The number of ether oxygens (including phenoxy) is 1. The first-order chi connectivity index (χ1) is 9.52. The summed E-state index contributed by atoms with van der Waals surface area (Å²) in [4.78, 5) is 14.9. The molecule has 2 rings (SSSR count). The van der Waals surface area contributed by atoms with E-state index in [0.29, 0.717) is 15.6 Å². The minimum Gasteiger partial charge on any atom is -0.496 e. The van der Waals surface area contributed by atoms with Gasteiger partial charge in [0.1, 0.15) is 10.7 Å². The zero-order chi connectivity index (χ0) is 14.7. The predicted octanol–water partition coefficient (Wildman–Crippen LogP) is 2.67. The van der Waals surface area contributed by atoms with Crippen molar-refractivity contribution in [3.05, 3.63) is 46.2 Å². The minimum atomic E-state index is -0.0987. The molecule has 0 saturated heterocycles. The molecule has 0 aliphatic heterocycles. The first-order valence-electron chi connectivity index (χ1n) is 5.83. The molecule has 2 aromatic rings. The summed E-state index contributed by atoms with van der Waals surface area (Å²) in [5.41, 5.74) is 7.09. The smallest absolute Gasteiger partial charge is 0.268 e. The summed E-state index contributed by atoms with van der Waals surface area (Å²) in [5.74, 6) is 0.585. The van der Waals surface area contributed by atoms with E-state index in [9.17, 15) is 4.79 Å². The van der Waals surface area contributed by atoms with Gasteiger partial charge in [0.25, 0.3) is 5.91 Å². The average Bonchev–Trinajstić information content (AvgIpc) is 2.94. The molecule has 1 aromatic carbocycles. The summed E-state index contributed by atoms with van der Waals surface area (Å²) in [6.07, 6.45) is 0. The maximum absolute atomic E-state index is 12.4. The molecule has 2 N–H and O–H groups in total. The highest BCUT2D eigenvalue weighted by atomic mass is 32.1. The van der Waals surface area contributed by atoms with Crippen molar-refractivity contribution in [3.63, 3.8) is 0 Å². The zero-order valence-electron chi connectivity index (χ0n) is 11.1. The number of carbonyl (C=O) groups excluding carboxylic acids is 1. The number of amides is 1. The normalized spacial score (nSPS) is 10.1. The number of hydrogen-bond donors (Lipinski definition) is 1. The van der Waals surface area contributed by atoms with Gasteiger partial charge in [-0.1, -0.05) is 24.4 Å². The van der Waals surface area contributed by atoms with Crippen molar-refractivity contribution in [1.82, 2.24) is 0 Å². The van der Waals surface area contributed by atoms with Crippen molar-refractivity contribution >= 4 is 40.1 Å². The molecule has 0 spiro atoms. The Morgan fingerprint density at radius 3 is 2.75 bits per heavy atom. The fraction of sp³-hybridized carbons (Fsp3) is 0.143. The second-order valence-corrected chi connectivity index (χ2v) is 5.48. The van der Waals surface area contributed by atoms with Gasteiger partial charge in [-0.2, -0.15) is 0 Å². The quantitative estimate of drug-likeness (QED) is 0.882. The van der Waals surface area contributed by atoms with Crippen LogP contribution in [0.2, 0.25) is 0 Å². The monoisotopic (exact) mass is 306 g/mol. The highest BCUT2D eigenvalue weighted by Gasteiger charge is 2.16. The van der Waals surface area contributed by atoms with E-state index in [1.54, 1.807) is 36.6 Å². The van der Waals surface area contributed by atoms with Crippen molar-refractivity contribution in [2.75, 3.05) is 19.1 Å². The van der Waals surface area contributed by atoms with Gasteiger partial charge in [-0.3, -0.25) is 4.79 Å². The summed E-state index contributed by atoms with van der Waals surface area (Å²) in [5, 5.41) is 1.80. The van der Waals surface area contributed by atoms with Crippen molar-refractivity contribution in [1.29, 1.82) is 0 Å². The van der Waals surface area contributed by atoms with Crippen LogP contribution in [0.5, 0.6) is 5.75 Å². The van der Waals surface area contributed by atoms with E-state index in [1.165, 1.54) is 11.3 Å². The second kappa shape index (κ2) is 6.02. The second-order valence-electron chi connectivity index (χ2n) is 4.13. The molecular formula is C14H14N2O2S2. The molecule has 0 saturated carbocycles. The Labute approximate surface area is 126 Å². The number of nitrogens with zero attached hydrogens (tertiary/aromatic N) is 1. The summed E-state index contributed by atoms with van der Waals surface area (Å²) in [7, 11) is 3.29. The third-order valence-corrected chi connectivity index (χ3v) is 3.98. The molecule has 0 aliphatic carbocycles. The summed E-state index contributed by atoms with van der Waals surface area (Å²) in [6, 6.07) is 9.00. The van der Waals surface area contributed by atoms with Crippen LogP contribution in [0.3, 0.4) is 0 Å². The van der Waals surface area contributed by atoms with Crippen LogP contribution in [0.1, 0.15) is 15.2 Å². The van der Waals surface area contributed by atoms with Gasteiger partial charge in [0, 0.05) is 29.7 Å². The van der Waals surface area contributed by atoms with E-state index in [4.69, 9.17) is 22.7 Å². The maximum atomic E-state index is 12.4. The van der Waals surface area contributed by atoms with Crippen molar-refractivity contribution < 1.29 is 9.53 Å². The van der Waals surface area contributed by atoms with E-state index in [2.05, 4.69) is 0 Å². The van der Waals surface area contributed by atoms with Crippen molar-refractivity contribution in [3.8, 4) is 5.75 Å². The molecule has 20 heavy (non-hydrogen) atoms. The largest absolute Gasteiger partial charge is 0.496 e. The number of thiocarbonyl (C=S) groups is 1. The SMILES string of the molecule is COc1csc(C(=O)N(C)c2cccc(C(N)=S)c2)c1. The van der Waals surface area contributed by atoms with Gasteiger partial charge in [-0.15, -0.1) is 11.3 Å². The lowest BCUT2D eigenvalue weighted by Gasteiger charge is -2.17. The summed E-state index contributed by atoms with van der Waals surface area (Å²) in [6.45, 7) is 0. The minimum absolute atomic E-state index is 0.0987. The molecule has 0 unspecified atom stereocenters. The number of thiophene rings is 1. The van der Waals surface area contributed by atoms with E-state index < -0.39 is 0 Å². The van der Waals surface area contributed by atoms with Crippen LogP contribution in [-0.2, 0) is 0 Å². The lowest BCUT2D eigenvalue weighted by atomic mass is 10.2. The van der Waals surface area contributed by atoms with Gasteiger partial charge in [0.2, 0.25) is 0 Å². The summed E-state index contributed by atoms with van der Waals surface area (Å²) < 4.78 is 5.09. The third-order valence-electron chi connectivity index (χ3n) is 2.84. The number of hydrogen-bond acceptors (Lipinski definition) is 4. The van der Waals surface area contributed by atoms with Crippen LogP contribution in [0.4, 0.5) is 5.69 Å². The predicted molar refractivity (Wildman–Crippen MR) is 85.9 cm³/mol. The topological polar surface area (TPSA) is 55.6 Å². The molecule has 6 heteroatoms. The third kappa shape index (κ3) is 2.97. The van der Waals surface area contributed by atoms with E-state index in [0.717, 1.165) is 11.3 Å². The van der Waals surface area contributed by atoms with Gasteiger partial charge >= 0.3 is 0 Å². The van der Waals surface area contributed by atoms with Crippen LogP contribution in [-0.4, -0.2) is 25.1 Å². The molecular weight excluding hydrogens is 292 g/mol. The fourth-order valence-electron chi connectivity index (χ4n) is 1.69. The van der Waals surface area contributed by atoms with Gasteiger partial charge in [0.05, 0.1) is 12.0 Å². The van der Waals surface area contributed by atoms with Crippen molar-refractivity contribution in [2.24, 2.45) is 5.73 Å². The van der Waals surface area contributed by atoms with Crippen LogP contribution in [0, 0.1) is 0 Å². The number of benzene rings is 1. The van der Waals surface area contributed by atoms with E-state index in [-0.39, 0.29) is 5.91 Å². The summed E-state index contributed by atoms with van der Waals surface area (Å²) >= 11 is 6.30. The Hall–Kier alpha value is -1.92. The Balaban J connectivity index is 2.26. The Morgan fingerprint density at radius 1 is 1.40 bits per heavy atom. The maximum Gasteiger partial charge on any atom is 0.268 e. The van der Waals surface area contributed by atoms with Gasteiger partial charge in [0.15, 0.2) is 0 Å². The van der Waals surface area contributed by atoms with Gasteiger partial charge in [-0.25, -0.2) is 0 Å². The molecule has 104 valence electrons. The molecule has 0 aliphatic rings. The molecule has 0 fully saturated rings. The van der Waals surface area contributed by atoms with Crippen LogP contribution < -0.4 is 15.4 Å². The molecule has 0 bridgehead atoms. The number of nitrogens with two attached hydrogens (primary N) is 1. The standard InChI is InChI=1S/C14H14N2O2S2/c1-16(10-5-3-4-9(6-10)13(15)19)14(17)12-7-11(18-2)8-20-12/h3-8H,1-2H3,(H2,15,19). The Morgan fingerprint density at radius 2 is 2.15 bits per heavy atom. The number of methoxy groups -OCH3 is 1. The molecule has 4 nitrogen and oxygen atoms in total. The van der Waals surface area contributed by atoms with Crippen molar-refractivity contribution in [2.45, 2.75) is 0 Å². The molecule has 1 aromatic heterocycles. The van der Waals surface area contributed by atoms with Crippen LogP contribution >= 0.6 is 23.6 Å². The molecule has 0 atom stereocenters. The molecule has 1 heterocycles. The number of rotatable bonds is 4. The van der Waals surface area contributed by atoms with Crippen LogP contribution in [0.15, 0.2) is 35.7 Å². The van der Waals surface area contributed by atoms with Gasteiger partial charge in [-0.05, 0) is 12.1 Å². The Bertz CT molecular complexity index is 652. The Kier molecular flexibility index (Phi) is 4.36. The lowest BCUT2D eigenvalue weighted by Crippen LogP contribution is -2.25. The zero-order valence-corrected chi connectivity index (χ0v) is 12.8. The fourth-order valence-corrected chi connectivity index (χ4v) is 2.64. The number of anilines is 1. The molecule has 0 radical (unpaired) electrons. The van der Waals surface area contributed by atoms with E-state index in [1.807, 2.05) is 18.2 Å². The van der Waals surface area contributed by atoms with E-state index >= 15 is 0 Å². The first-order valence-corrected chi connectivity index (χ1v) is 7.12. The number of carbonyl (C=O) groups is 1. The lowest BCUT2D eigenvalue weighted by molar-refractivity contribution is 0.0996. The average molecular weight is 306 g/mol. The highest BCUT2D eigenvalue weighted by Crippen LogP contribution is 2.24.